The summed E-state index contributed by atoms with van der Waals surface area (Å²) in [7, 11) is 3.70. The summed E-state index contributed by atoms with van der Waals surface area (Å²) in [6, 6.07) is 1.95. The van der Waals surface area contributed by atoms with Gasteiger partial charge in [0.1, 0.15) is 5.60 Å². The maximum atomic E-state index is 5.75. The van der Waals surface area contributed by atoms with Gasteiger partial charge < -0.3 is 10.1 Å². The van der Waals surface area contributed by atoms with E-state index >= 15 is 0 Å². The van der Waals surface area contributed by atoms with E-state index < -0.39 is 0 Å². The first-order chi connectivity index (χ1) is 8.30. The van der Waals surface area contributed by atoms with Gasteiger partial charge in [-0.25, -0.2) is 9.97 Å². The Morgan fingerprint density at radius 2 is 2.12 bits per heavy atom. The number of methoxy groups -OCH3 is 1. The average molecular weight is 235 g/mol. The molecule has 0 saturated heterocycles. The molecule has 0 bridgehead atoms. The lowest BCUT2D eigenvalue weighted by molar-refractivity contribution is -0.0516. The minimum absolute atomic E-state index is 0.248. The summed E-state index contributed by atoms with van der Waals surface area (Å²) in [5.41, 5.74) is 0.779. The molecule has 0 unspecified atom stereocenters. The van der Waals surface area contributed by atoms with E-state index in [1.807, 2.05) is 19.3 Å². The predicted molar refractivity (Wildman–Crippen MR) is 66.6 cm³/mol. The number of aromatic nitrogens is 2. The number of hydrogen-bond donors (Lipinski definition) is 1. The van der Waals surface area contributed by atoms with Gasteiger partial charge in [0, 0.05) is 19.9 Å². The van der Waals surface area contributed by atoms with Crippen molar-refractivity contribution in [1.82, 2.24) is 15.3 Å². The van der Waals surface area contributed by atoms with Crippen molar-refractivity contribution in [3.05, 3.63) is 23.8 Å². The highest BCUT2D eigenvalue weighted by Gasteiger charge is 2.36. The van der Waals surface area contributed by atoms with Gasteiger partial charge >= 0.3 is 0 Å². The van der Waals surface area contributed by atoms with Gasteiger partial charge in [-0.1, -0.05) is 19.3 Å². The van der Waals surface area contributed by atoms with Gasteiger partial charge in [-0.2, -0.15) is 0 Å². The van der Waals surface area contributed by atoms with Gasteiger partial charge in [-0.15, -0.1) is 0 Å². The summed E-state index contributed by atoms with van der Waals surface area (Å²) in [6.45, 7) is 0.773. The van der Waals surface area contributed by atoms with Crippen molar-refractivity contribution in [2.75, 3.05) is 14.2 Å². The van der Waals surface area contributed by atoms with Crippen LogP contribution in [0.1, 0.15) is 43.6 Å². The molecule has 4 nitrogen and oxygen atoms in total. The first kappa shape index (κ1) is 12.5. The number of nitrogens with zero attached hydrogens (tertiary/aromatic N) is 2. The largest absolute Gasteiger partial charge is 0.370 e. The lowest BCUT2D eigenvalue weighted by atomic mass is 9.84. The molecule has 1 saturated carbocycles. The van der Waals surface area contributed by atoms with E-state index in [2.05, 4.69) is 15.3 Å². The topological polar surface area (TPSA) is 47.0 Å². The normalized spacial score (nSPS) is 19.2. The molecule has 1 fully saturated rings. The first-order valence-corrected chi connectivity index (χ1v) is 6.33. The summed E-state index contributed by atoms with van der Waals surface area (Å²) in [4.78, 5) is 9.05. The second-order valence-corrected chi connectivity index (χ2v) is 4.66. The number of hydrogen-bond acceptors (Lipinski definition) is 4. The van der Waals surface area contributed by atoms with Crippen LogP contribution in [0.2, 0.25) is 0 Å². The predicted octanol–water partition coefficient (Wildman–Crippen LogP) is 2.00. The molecule has 0 atom stereocenters. The Balaban J connectivity index is 2.26. The Morgan fingerprint density at radius 3 is 2.76 bits per heavy atom. The molecule has 17 heavy (non-hydrogen) atoms. The van der Waals surface area contributed by atoms with Crippen molar-refractivity contribution in [2.24, 2.45) is 0 Å². The highest BCUT2D eigenvalue weighted by molar-refractivity contribution is 5.09. The fourth-order valence-electron chi connectivity index (χ4n) is 2.54. The minimum atomic E-state index is -0.248. The van der Waals surface area contributed by atoms with Crippen LogP contribution in [0.5, 0.6) is 0 Å². The van der Waals surface area contributed by atoms with Gasteiger partial charge in [0.2, 0.25) is 0 Å². The zero-order valence-electron chi connectivity index (χ0n) is 10.7. The molecule has 0 amide bonds. The molecule has 0 aromatic carbocycles. The smallest absolute Gasteiger partial charge is 0.160 e. The van der Waals surface area contributed by atoms with Gasteiger partial charge in [0.15, 0.2) is 5.82 Å². The molecule has 94 valence electrons. The molecular formula is C13H21N3O. The van der Waals surface area contributed by atoms with Gasteiger partial charge in [-0.05, 0) is 26.0 Å². The fourth-order valence-corrected chi connectivity index (χ4v) is 2.54. The fraction of sp³-hybridized carbons (Fsp3) is 0.692. The monoisotopic (exact) mass is 235 g/mol. The second kappa shape index (κ2) is 5.56. The van der Waals surface area contributed by atoms with Crippen LogP contribution in [0.15, 0.2) is 12.3 Å². The van der Waals surface area contributed by atoms with Crippen LogP contribution in [0.4, 0.5) is 0 Å². The maximum Gasteiger partial charge on any atom is 0.160 e. The molecule has 1 aliphatic rings. The van der Waals surface area contributed by atoms with E-state index in [-0.39, 0.29) is 5.60 Å². The van der Waals surface area contributed by atoms with Crippen LogP contribution < -0.4 is 5.32 Å². The zero-order chi connectivity index (χ0) is 12.1. The molecule has 2 rings (SSSR count). The lowest BCUT2D eigenvalue weighted by Gasteiger charge is -2.34. The molecule has 1 aromatic rings. The SMILES string of the molecule is CNCc1ccnc(C2(OC)CCCCC2)n1. The van der Waals surface area contributed by atoms with Crippen molar-refractivity contribution in [3.63, 3.8) is 0 Å². The first-order valence-electron chi connectivity index (χ1n) is 6.33. The Kier molecular flexibility index (Phi) is 4.07. The number of nitrogens with one attached hydrogen (secondary N) is 1. The molecule has 0 spiro atoms. The molecule has 1 heterocycles. The number of ether oxygens (including phenoxy) is 1. The van der Waals surface area contributed by atoms with Crippen molar-refractivity contribution >= 4 is 0 Å². The van der Waals surface area contributed by atoms with Crippen molar-refractivity contribution in [1.29, 1.82) is 0 Å². The van der Waals surface area contributed by atoms with Gasteiger partial charge in [0.05, 0.1) is 5.69 Å². The lowest BCUT2D eigenvalue weighted by Crippen LogP contribution is -2.33. The Morgan fingerprint density at radius 1 is 1.35 bits per heavy atom. The van der Waals surface area contributed by atoms with Crippen molar-refractivity contribution in [3.8, 4) is 0 Å². The van der Waals surface area contributed by atoms with E-state index in [9.17, 15) is 0 Å². The molecule has 1 N–H and O–H groups in total. The molecule has 4 heteroatoms. The summed E-state index contributed by atoms with van der Waals surface area (Å²) in [6.07, 6.45) is 7.60. The van der Waals surface area contributed by atoms with E-state index in [1.54, 1.807) is 7.11 Å². The third-order valence-corrected chi connectivity index (χ3v) is 3.53. The summed E-state index contributed by atoms with van der Waals surface area (Å²) < 4.78 is 5.75. The Hall–Kier alpha value is -1.00. The van der Waals surface area contributed by atoms with Crippen LogP contribution in [0.3, 0.4) is 0 Å². The summed E-state index contributed by atoms with van der Waals surface area (Å²) in [5, 5.41) is 3.11. The minimum Gasteiger partial charge on any atom is -0.370 e. The molecule has 1 aromatic heterocycles. The van der Waals surface area contributed by atoms with Crippen LogP contribution >= 0.6 is 0 Å². The Labute approximate surface area is 103 Å². The van der Waals surface area contributed by atoms with E-state index in [0.717, 1.165) is 30.9 Å². The third-order valence-electron chi connectivity index (χ3n) is 3.53. The third kappa shape index (κ3) is 2.64. The van der Waals surface area contributed by atoms with Crippen LogP contribution in [-0.2, 0) is 16.9 Å². The van der Waals surface area contributed by atoms with E-state index in [1.165, 1.54) is 19.3 Å². The summed E-state index contributed by atoms with van der Waals surface area (Å²) >= 11 is 0. The van der Waals surface area contributed by atoms with Crippen LogP contribution in [0, 0.1) is 0 Å². The Bertz CT molecular complexity index is 361. The van der Waals surface area contributed by atoms with Crippen molar-refractivity contribution in [2.45, 2.75) is 44.2 Å². The van der Waals surface area contributed by atoms with Crippen LogP contribution in [0.25, 0.3) is 0 Å². The number of rotatable bonds is 4. The standard InChI is InChI=1S/C13H21N3O/c1-14-10-11-6-9-15-12(16-11)13(17-2)7-4-3-5-8-13/h6,9,14H,3-5,7-8,10H2,1-2H3. The molecule has 0 aliphatic heterocycles. The van der Waals surface area contributed by atoms with E-state index in [4.69, 9.17) is 4.74 Å². The molecule has 1 aliphatic carbocycles. The zero-order valence-corrected chi connectivity index (χ0v) is 10.7. The molecule has 0 radical (unpaired) electrons. The van der Waals surface area contributed by atoms with Gasteiger partial charge in [0.25, 0.3) is 0 Å². The quantitative estimate of drug-likeness (QED) is 0.867. The molecular weight excluding hydrogens is 214 g/mol. The highest BCUT2D eigenvalue weighted by atomic mass is 16.5. The average Bonchev–Trinajstić information content (AvgIpc) is 2.40. The van der Waals surface area contributed by atoms with Crippen LogP contribution in [-0.4, -0.2) is 24.1 Å². The summed E-state index contributed by atoms with van der Waals surface area (Å²) in [5.74, 6) is 0.854. The van der Waals surface area contributed by atoms with E-state index in [0.29, 0.717) is 0 Å². The maximum absolute atomic E-state index is 5.75. The second-order valence-electron chi connectivity index (χ2n) is 4.66. The van der Waals surface area contributed by atoms with Crippen molar-refractivity contribution < 1.29 is 4.74 Å². The highest BCUT2D eigenvalue weighted by Crippen LogP contribution is 2.38. The van der Waals surface area contributed by atoms with Gasteiger partial charge in [-0.3, -0.25) is 0 Å².